The van der Waals surface area contributed by atoms with Crippen LogP contribution in [0, 0.1) is 11.3 Å². The molecule has 0 unspecified atom stereocenters. The lowest BCUT2D eigenvalue weighted by Gasteiger charge is -2.11. The van der Waals surface area contributed by atoms with Gasteiger partial charge in [-0.15, -0.1) is 4.83 Å². The number of benzene rings is 2. The van der Waals surface area contributed by atoms with E-state index >= 15 is 0 Å². The second-order valence-corrected chi connectivity index (χ2v) is 6.66. The zero-order valence-corrected chi connectivity index (χ0v) is 14.0. The molecule has 0 aliphatic rings. The van der Waals surface area contributed by atoms with Crippen LogP contribution in [0.2, 0.25) is 5.02 Å². The summed E-state index contributed by atoms with van der Waals surface area (Å²) in [5, 5.41) is 9.01. The molecule has 0 aliphatic heterocycles. The summed E-state index contributed by atoms with van der Waals surface area (Å²) in [5.74, 6) is -0.485. The summed E-state index contributed by atoms with van der Waals surface area (Å²) in [4.78, 5) is 14.0. The van der Waals surface area contributed by atoms with E-state index in [9.17, 15) is 13.2 Å². The quantitative estimate of drug-likeness (QED) is 0.786. The van der Waals surface area contributed by atoms with Crippen LogP contribution in [-0.2, 0) is 10.0 Å². The lowest BCUT2D eigenvalue weighted by atomic mass is 10.2. The predicted molar refractivity (Wildman–Crippen MR) is 86.9 cm³/mol. The molecule has 0 radical (unpaired) electrons. The fourth-order valence-corrected chi connectivity index (χ4v) is 2.82. The number of amides is 1. The molecule has 2 N–H and O–H groups in total. The third-order valence-corrected chi connectivity index (χ3v) is 4.50. The van der Waals surface area contributed by atoms with Crippen molar-refractivity contribution in [2.24, 2.45) is 0 Å². The molecular weight excluding hydrogens is 354 g/mol. The van der Waals surface area contributed by atoms with Crippen LogP contribution in [-0.4, -0.2) is 21.4 Å². The Morgan fingerprint density at radius 2 is 1.88 bits per heavy atom. The highest BCUT2D eigenvalue weighted by Gasteiger charge is 2.18. The molecule has 9 heteroatoms. The first-order valence-corrected chi connectivity index (χ1v) is 8.39. The lowest BCUT2D eigenvalue weighted by Crippen LogP contribution is -2.41. The number of hydrazine groups is 1. The zero-order chi connectivity index (χ0) is 17.7. The fraction of sp³-hybridized carbons (Fsp3) is 0.0667. The van der Waals surface area contributed by atoms with Crippen molar-refractivity contribution in [3.8, 4) is 11.8 Å². The smallest absolute Gasteiger partial charge is 0.270 e. The third-order valence-electron chi connectivity index (χ3n) is 3.00. The topological polar surface area (TPSA) is 108 Å². The van der Waals surface area contributed by atoms with Crippen LogP contribution in [0.5, 0.6) is 5.75 Å². The summed E-state index contributed by atoms with van der Waals surface area (Å²) >= 11 is 5.83. The monoisotopic (exact) mass is 365 g/mol. The van der Waals surface area contributed by atoms with Gasteiger partial charge in [0.05, 0.1) is 29.2 Å². The van der Waals surface area contributed by atoms with Gasteiger partial charge in [0.1, 0.15) is 5.75 Å². The zero-order valence-electron chi connectivity index (χ0n) is 12.4. The Morgan fingerprint density at radius 3 is 2.46 bits per heavy atom. The number of ether oxygens (including phenoxy) is 1. The van der Waals surface area contributed by atoms with Crippen molar-refractivity contribution < 1.29 is 17.9 Å². The Bertz CT molecular complexity index is 905. The summed E-state index contributed by atoms with van der Waals surface area (Å²) < 4.78 is 29.3. The number of hydrogen-bond acceptors (Lipinski definition) is 5. The van der Waals surface area contributed by atoms with Crippen molar-refractivity contribution in [1.29, 1.82) is 5.26 Å². The van der Waals surface area contributed by atoms with Crippen molar-refractivity contribution in [2.75, 3.05) is 7.11 Å². The minimum absolute atomic E-state index is 0.0764. The van der Waals surface area contributed by atoms with Crippen LogP contribution in [0.1, 0.15) is 15.9 Å². The van der Waals surface area contributed by atoms with Crippen molar-refractivity contribution in [1.82, 2.24) is 10.3 Å². The van der Waals surface area contributed by atoms with E-state index in [-0.39, 0.29) is 16.2 Å². The molecule has 0 fully saturated rings. The lowest BCUT2D eigenvalue weighted by molar-refractivity contribution is 0.0942. The second-order valence-electron chi connectivity index (χ2n) is 4.54. The van der Waals surface area contributed by atoms with Crippen LogP contribution in [0.4, 0.5) is 0 Å². The Hall–Kier alpha value is -2.60. The number of nitrogens with one attached hydrogen (secondary N) is 2. The predicted octanol–water partition coefficient (Wildman–Crippen LogP) is 1.84. The first kappa shape index (κ1) is 17.7. The molecule has 124 valence electrons. The van der Waals surface area contributed by atoms with Crippen molar-refractivity contribution in [2.45, 2.75) is 4.90 Å². The van der Waals surface area contributed by atoms with Gasteiger partial charge in [0, 0.05) is 5.02 Å². The number of sulfonamides is 1. The van der Waals surface area contributed by atoms with Gasteiger partial charge in [-0.05, 0) is 42.5 Å². The molecule has 2 aromatic carbocycles. The molecule has 0 saturated carbocycles. The highest BCUT2D eigenvalue weighted by molar-refractivity contribution is 7.89. The standard InChI is InChI=1S/C15H12ClN3O4S/c1-23-14-7-4-11(16)8-13(14)15(20)18-19-24(21,22)12-5-2-10(9-17)3-6-12/h2-8,19H,1H3,(H,18,20). The molecule has 7 nitrogen and oxygen atoms in total. The van der Waals surface area contributed by atoms with Crippen molar-refractivity contribution in [3.05, 3.63) is 58.6 Å². The summed E-state index contributed by atoms with van der Waals surface area (Å²) in [6.07, 6.45) is 0. The normalized spacial score (nSPS) is 10.7. The molecule has 0 atom stereocenters. The van der Waals surface area contributed by atoms with E-state index in [1.54, 1.807) is 0 Å². The minimum Gasteiger partial charge on any atom is -0.496 e. The van der Waals surface area contributed by atoms with Gasteiger partial charge in [0.15, 0.2) is 0 Å². The molecule has 24 heavy (non-hydrogen) atoms. The van der Waals surface area contributed by atoms with Crippen LogP contribution in [0.25, 0.3) is 0 Å². The number of carbonyl (C=O) groups excluding carboxylic acids is 1. The molecule has 0 heterocycles. The Morgan fingerprint density at radius 1 is 1.21 bits per heavy atom. The SMILES string of the molecule is COc1ccc(Cl)cc1C(=O)NNS(=O)(=O)c1ccc(C#N)cc1. The molecule has 0 spiro atoms. The van der Waals surface area contributed by atoms with E-state index in [2.05, 4.69) is 5.43 Å². The minimum atomic E-state index is -3.98. The van der Waals surface area contributed by atoms with E-state index < -0.39 is 15.9 Å². The molecule has 2 rings (SSSR count). The van der Waals surface area contributed by atoms with E-state index in [0.29, 0.717) is 10.6 Å². The van der Waals surface area contributed by atoms with Crippen molar-refractivity contribution >= 4 is 27.5 Å². The van der Waals surface area contributed by atoms with Crippen molar-refractivity contribution in [3.63, 3.8) is 0 Å². The fourth-order valence-electron chi connectivity index (χ4n) is 1.81. The Kier molecular flexibility index (Phi) is 5.41. The number of nitrogens with zero attached hydrogens (tertiary/aromatic N) is 1. The van der Waals surface area contributed by atoms with Crippen LogP contribution >= 0.6 is 11.6 Å². The van der Waals surface area contributed by atoms with E-state index in [0.717, 1.165) is 0 Å². The number of nitriles is 1. The van der Waals surface area contributed by atoms with Gasteiger partial charge in [-0.1, -0.05) is 11.6 Å². The molecule has 0 saturated heterocycles. The van der Waals surface area contributed by atoms with Gasteiger partial charge < -0.3 is 4.74 Å². The van der Waals surface area contributed by atoms with E-state index in [4.69, 9.17) is 21.6 Å². The summed E-state index contributed by atoms with van der Waals surface area (Å²) in [6, 6.07) is 11.5. The van der Waals surface area contributed by atoms with Gasteiger partial charge in [-0.2, -0.15) is 5.26 Å². The first-order valence-electron chi connectivity index (χ1n) is 6.53. The molecule has 0 bridgehead atoms. The summed E-state index contributed by atoms with van der Waals surface area (Å²) in [6.45, 7) is 0. The highest BCUT2D eigenvalue weighted by Crippen LogP contribution is 2.22. The Labute approximate surface area is 143 Å². The molecule has 0 aliphatic carbocycles. The second kappa shape index (κ2) is 7.31. The summed E-state index contributed by atoms with van der Waals surface area (Å²) in [7, 11) is -2.61. The maximum atomic E-state index is 12.1. The Balaban J connectivity index is 2.16. The summed E-state index contributed by atoms with van der Waals surface area (Å²) in [5.41, 5.74) is 2.49. The van der Waals surface area contributed by atoms with Gasteiger partial charge in [-0.25, -0.2) is 8.42 Å². The third kappa shape index (κ3) is 4.02. The largest absolute Gasteiger partial charge is 0.496 e. The van der Waals surface area contributed by atoms with E-state index in [1.165, 1.54) is 49.6 Å². The van der Waals surface area contributed by atoms with Gasteiger partial charge in [0.2, 0.25) is 0 Å². The van der Waals surface area contributed by atoms with E-state index in [1.807, 2.05) is 10.9 Å². The number of rotatable bonds is 5. The number of carbonyl (C=O) groups is 1. The molecule has 0 aromatic heterocycles. The molecule has 2 aromatic rings. The average molecular weight is 366 g/mol. The van der Waals surface area contributed by atoms with Gasteiger partial charge in [0.25, 0.3) is 15.9 Å². The van der Waals surface area contributed by atoms with Crippen LogP contribution in [0.3, 0.4) is 0 Å². The maximum absolute atomic E-state index is 12.1. The molecular formula is C15H12ClN3O4S. The van der Waals surface area contributed by atoms with Crippen LogP contribution in [0.15, 0.2) is 47.4 Å². The first-order chi connectivity index (χ1) is 11.4. The number of halogens is 1. The average Bonchev–Trinajstić information content (AvgIpc) is 2.59. The van der Waals surface area contributed by atoms with Gasteiger partial charge >= 0.3 is 0 Å². The van der Waals surface area contributed by atoms with Gasteiger partial charge in [-0.3, -0.25) is 10.2 Å². The number of methoxy groups -OCH3 is 1. The van der Waals surface area contributed by atoms with Crippen LogP contribution < -0.4 is 15.0 Å². The highest BCUT2D eigenvalue weighted by atomic mass is 35.5. The maximum Gasteiger partial charge on any atom is 0.270 e. The molecule has 1 amide bonds. The number of hydrogen-bond donors (Lipinski definition) is 2.